The number of hydrogen-bond acceptors (Lipinski definition) is 4. The third kappa shape index (κ3) is 4.35. The second kappa shape index (κ2) is 6.90. The summed E-state index contributed by atoms with van der Waals surface area (Å²) in [6.45, 7) is 8.11. The molecule has 0 saturated heterocycles. The molecule has 0 aliphatic carbocycles. The normalized spacial score (nSPS) is 14.5. The first-order valence-electron chi connectivity index (χ1n) is 6.68. The number of methoxy groups -OCH3 is 2. The van der Waals surface area contributed by atoms with E-state index in [-0.39, 0.29) is 18.0 Å². The molecule has 2 atom stereocenters. The van der Waals surface area contributed by atoms with Crippen molar-refractivity contribution in [2.24, 2.45) is 5.92 Å². The highest BCUT2D eigenvalue weighted by molar-refractivity contribution is 6.69. The van der Waals surface area contributed by atoms with Crippen LogP contribution < -0.4 is 4.74 Å². The standard InChI is InChI=1S/C15H24O4Si/c1-11(15(16)18-3)14(19-20(4,5)6)12-9-7-8-10-13(12)17-2/h7-11,14H,1-6H3/t11-,14-/m1/s1. The van der Waals surface area contributed by atoms with Crippen LogP contribution in [0, 0.1) is 5.92 Å². The molecule has 1 aromatic carbocycles. The third-order valence-corrected chi connectivity index (χ3v) is 3.91. The monoisotopic (exact) mass is 296 g/mol. The zero-order chi connectivity index (χ0) is 15.3. The van der Waals surface area contributed by atoms with Crippen LogP contribution in [0.15, 0.2) is 24.3 Å². The van der Waals surface area contributed by atoms with Crippen LogP contribution in [0.1, 0.15) is 18.6 Å². The number of rotatable bonds is 6. The van der Waals surface area contributed by atoms with Gasteiger partial charge in [-0.15, -0.1) is 0 Å². The molecular formula is C15H24O4Si. The molecule has 0 fully saturated rings. The molecule has 0 unspecified atom stereocenters. The summed E-state index contributed by atoms with van der Waals surface area (Å²) in [4.78, 5) is 11.9. The van der Waals surface area contributed by atoms with Crippen molar-refractivity contribution in [3.63, 3.8) is 0 Å². The molecule has 0 radical (unpaired) electrons. The maximum Gasteiger partial charge on any atom is 0.311 e. The highest BCUT2D eigenvalue weighted by Gasteiger charge is 2.33. The van der Waals surface area contributed by atoms with Gasteiger partial charge in [0.15, 0.2) is 8.32 Å². The van der Waals surface area contributed by atoms with E-state index in [1.165, 1.54) is 7.11 Å². The molecule has 0 N–H and O–H groups in total. The Bertz CT molecular complexity index is 453. The van der Waals surface area contributed by atoms with Gasteiger partial charge in [-0.25, -0.2) is 0 Å². The van der Waals surface area contributed by atoms with Gasteiger partial charge in [0, 0.05) is 5.56 Å². The molecule has 112 valence electrons. The summed E-state index contributed by atoms with van der Waals surface area (Å²) in [5.41, 5.74) is 0.885. The molecule has 0 spiro atoms. The molecular weight excluding hydrogens is 272 g/mol. The maximum atomic E-state index is 11.9. The number of benzene rings is 1. The van der Waals surface area contributed by atoms with Gasteiger partial charge in [-0.1, -0.05) is 18.2 Å². The minimum Gasteiger partial charge on any atom is -0.496 e. The fourth-order valence-corrected chi connectivity index (χ4v) is 3.12. The van der Waals surface area contributed by atoms with E-state index >= 15 is 0 Å². The maximum absolute atomic E-state index is 11.9. The summed E-state index contributed by atoms with van der Waals surface area (Å²) in [7, 11) is 1.19. The lowest BCUT2D eigenvalue weighted by Gasteiger charge is -2.30. The van der Waals surface area contributed by atoms with Crippen molar-refractivity contribution in [3.8, 4) is 5.75 Å². The lowest BCUT2D eigenvalue weighted by molar-refractivity contribution is -0.148. The molecule has 0 aliphatic rings. The predicted octanol–water partition coefficient (Wildman–Crippen LogP) is 3.40. The van der Waals surface area contributed by atoms with Crippen molar-refractivity contribution in [2.45, 2.75) is 32.7 Å². The first-order chi connectivity index (χ1) is 9.30. The topological polar surface area (TPSA) is 44.8 Å². The quantitative estimate of drug-likeness (QED) is 0.596. The van der Waals surface area contributed by atoms with E-state index in [1.54, 1.807) is 7.11 Å². The van der Waals surface area contributed by atoms with Gasteiger partial charge in [-0.05, 0) is 32.6 Å². The Hall–Kier alpha value is -1.33. The van der Waals surface area contributed by atoms with Gasteiger partial charge < -0.3 is 13.9 Å². The number of carbonyl (C=O) groups excluding carboxylic acids is 1. The zero-order valence-corrected chi connectivity index (χ0v) is 14.1. The lowest BCUT2D eigenvalue weighted by atomic mass is 9.97. The smallest absolute Gasteiger partial charge is 0.311 e. The van der Waals surface area contributed by atoms with E-state index in [0.717, 1.165) is 11.3 Å². The second-order valence-corrected chi connectivity index (χ2v) is 10.2. The van der Waals surface area contributed by atoms with Gasteiger partial charge >= 0.3 is 5.97 Å². The lowest BCUT2D eigenvalue weighted by Crippen LogP contribution is -2.33. The second-order valence-electron chi connectivity index (χ2n) is 5.70. The van der Waals surface area contributed by atoms with Crippen LogP contribution in [0.5, 0.6) is 5.75 Å². The number of esters is 1. The van der Waals surface area contributed by atoms with E-state index in [1.807, 2.05) is 31.2 Å². The number of ether oxygens (including phenoxy) is 2. The Balaban J connectivity index is 3.19. The minimum absolute atomic E-state index is 0.279. The molecule has 20 heavy (non-hydrogen) atoms. The number of hydrogen-bond donors (Lipinski definition) is 0. The van der Waals surface area contributed by atoms with Crippen molar-refractivity contribution in [1.29, 1.82) is 0 Å². The van der Waals surface area contributed by atoms with Crippen molar-refractivity contribution < 1.29 is 18.7 Å². The molecule has 0 saturated carbocycles. The fraction of sp³-hybridized carbons (Fsp3) is 0.533. The fourth-order valence-electron chi connectivity index (χ4n) is 2.03. The molecule has 0 amide bonds. The minimum atomic E-state index is -1.82. The molecule has 0 bridgehead atoms. The van der Waals surface area contributed by atoms with Gasteiger partial charge in [0.1, 0.15) is 5.75 Å². The van der Waals surface area contributed by atoms with E-state index in [4.69, 9.17) is 13.9 Å². The number of carbonyl (C=O) groups is 1. The Morgan fingerprint density at radius 3 is 2.25 bits per heavy atom. The average molecular weight is 296 g/mol. The molecule has 1 rings (SSSR count). The molecule has 5 heteroatoms. The van der Waals surface area contributed by atoms with Crippen LogP contribution in [0.4, 0.5) is 0 Å². The van der Waals surface area contributed by atoms with Gasteiger partial charge in [-0.2, -0.15) is 0 Å². The summed E-state index contributed by atoms with van der Waals surface area (Å²) in [5.74, 6) is 0.0636. The molecule has 0 aliphatic heterocycles. The van der Waals surface area contributed by atoms with Crippen LogP contribution in [0.3, 0.4) is 0 Å². The van der Waals surface area contributed by atoms with E-state index in [2.05, 4.69) is 19.6 Å². The Morgan fingerprint density at radius 2 is 1.75 bits per heavy atom. The van der Waals surface area contributed by atoms with Crippen LogP contribution >= 0.6 is 0 Å². The highest BCUT2D eigenvalue weighted by atomic mass is 28.4. The summed E-state index contributed by atoms with van der Waals surface area (Å²) in [6, 6.07) is 7.63. The SMILES string of the molecule is COC(=O)[C@H](C)[C@@H](O[Si](C)(C)C)c1ccccc1OC. The van der Waals surface area contributed by atoms with E-state index < -0.39 is 8.32 Å². The third-order valence-electron chi connectivity index (χ3n) is 2.95. The summed E-state index contributed by atoms with van der Waals surface area (Å²) < 4.78 is 16.5. The molecule has 4 nitrogen and oxygen atoms in total. The first-order valence-corrected chi connectivity index (χ1v) is 10.1. The summed E-state index contributed by atoms with van der Waals surface area (Å²) in [5, 5.41) is 0. The van der Waals surface area contributed by atoms with Gasteiger partial charge in [0.25, 0.3) is 0 Å². The predicted molar refractivity (Wildman–Crippen MR) is 81.3 cm³/mol. The van der Waals surface area contributed by atoms with Crippen molar-refractivity contribution in [3.05, 3.63) is 29.8 Å². The van der Waals surface area contributed by atoms with Crippen molar-refractivity contribution in [1.82, 2.24) is 0 Å². The molecule has 0 aromatic heterocycles. The van der Waals surface area contributed by atoms with Gasteiger partial charge in [-0.3, -0.25) is 4.79 Å². The van der Waals surface area contributed by atoms with Crippen LogP contribution in [-0.2, 0) is 14.0 Å². The Labute approximate surface area is 122 Å². The number of para-hydroxylation sites is 1. The summed E-state index contributed by atoms with van der Waals surface area (Å²) >= 11 is 0. The molecule has 1 aromatic rings. The summed E-state index contributed by atoms with van der Waals surface area (Å²) in [6.07, 6.45) is -0.356. The van der Waals surface area contributed by atoms with Crippen molar-refractivity contribution >= 4 is 14.3 Å². The van der Waals surface area contributed by atoms with Crippen LogP contribution in [-0.4, -0.2) is 28.5 Å². The zero-order valence-electron chi connectivity index (χ0n) is 13.1. The Morgan fingerprint density at radius 1 is 1.15 bits per heavy atom. The van der Waals surface area contributed by atoms with Gasteiger partial charge in [0.2, 0.25) is 0 Å². The molecule has 0 heterocycles. The van der Waals surface area contributed by atoms with E-state index in [0.29, 0.717) is 0 Å². The van der Waals surface area contributed by atoms with Crippen LogP contribution in [0.2, 0.25) is 19.6 Å². The largest absolute Gasteiger partial charge is 0.496 e. The first kappa shape index (κ1) is 16.7. The highest BCUT2D eigenvalue weighted by Crippen LogP contribution is 2.35. The Kier molecular flexibility index (Phi) is 5.77. The van der Waals surface area contributed by atoms with Crippen LogP contribution in [0.25, 0.3) is 0 Å². The van der Waals surface area contributed by atoms with Crippen molar-refractivity contribution in [2.75, 3.05) is 14.2 Å². The van der Waals surface area contributed by atoms with E-state index in [9.17, 15) is 4.79 Å². The average Bonchev–Trinajstić information content (AvgIpc) is 2.42. The van der Waals surface area contributed by atoms with Gasteiger partial charge in [0.05, 0.1) is 26.2 Å².